The van der Waals surface area contributed by atoms with Crippen LogP contribution in [0.25, 0.3) is 33.4 Å². The van der Waals surface area contributed by atoms with E-state index < -0.39 is 5.82 Å². The van der Waals surface area contributed by atoms with Crippen LogP contribution in [0.3, 0.4) is 0 Å². The summed E-state index contributed by atoms with van der Waals surface area (Å²) >= 11 is 12.7. The average molecular weight is 916 g/mol. The Hall–Kier alpha value is -6.09. The third-order valence-corrected chi connectivity index (χ3v) is 12.1. The number of aryl methyl sites for hydroxylation is 2. The lowest BCUT2D eigenvalue weighted by Crippen LogP contribution is -2.32. The van der Waals surface area contributed by atoms with Crippen LogP contribution in [0.15, 0.2) is 109 Å². The number of fused-ring (bicyclic) bond motifs is 2. The third kappa shape index (κ3) is 10.4. The molecule has 2 N–H and O–H groups in total. The molecule has 6 aromatic rings. The van der Waals surface area contributed by atoms with Crippen LogP contribution in [-0.2, 0) is 13.2 Å². The van der Waals surface area contributed by atoms with E-state index in [0.29, 0.717) is 33.9 Å². The van der Waals surface area contributed by atoms with Crippen molar-refractivity contribution in [3.05, 3.63) is 158 Å². The van der Waals surface area contributed by atoms with Gasteiger partial charge >= 0.3 is 0 Å². The van der Waals surface area contributed by atoms with Crippen LogP contribution >= 0.6 is 23.2 Å². The summed E-state index contributed by atoms with van der Waals surface area (Å²) in [6, 6.07) is 30.2. The SMILES string of the molecule is COc1ccc(Cl)cc1-c1ccc2c(c1COc1cc(C)ccc1C)C(C)=CC(C)(C)N2.COc1ccc(F)cc1OCc1c(-c2cc(Cl)ccc2OC)ccc2c1C(C)=CC(C)(C)N2. The number of methoxy groups -OCH3 is 3. The monoisotopic (exact) mass is 914 g/mol. The van der Waals surface area contributed by atoms with Crippen molar-refractivity contribution in [1.82, 2.24) is 0 Å². The molecule has 10 heteroatoms. The van der Waals surface area contributed by atoms with Gasteiger partial charge in [-0.05, 0) is 156 Å². The van der Waals surface area contributed by atoms with Gasteiger partial charge in [-0.2, -0.15) is 0 Å². The molecule has 0 aliphatic carbocycles. The van der Waals surface area contributed by atoms with E-state index in [4.69, 9.17) is 46.9 Å². The Morgan fingerprint density at radius 1 is 0.492 bits per heavy atom. The largest absolute Gasteiger partial charge is 0.496 e. The van der Waals surface area contributed by atoms with Gasteiger partial charge in [0.05, 0.1) is 32.4 Å². The Morgan fingerprint density at radius 3 is 1.43 bits per heavy atom. The van der Waals surface area contributed by atoms with Gasteiger partial charge in [0, 0.05) is 60.9 Å². The molecule has 0 spiro atoms. The predicted molar refractivity (Wildman–Crippen MR) is 267 cm³/mol. The van der Waals surface area contributed by atoms with Crippen molar-refractivity contribution in [3.63, 3.8) is 0 Å². The van der Waals surface area contributed by atoms with E-state index in [-0.39, 0.29) is 17.7 Å². The molecule has 2 aliphatic heterocycles. The molecule has 2 heterocycles. The Morgan fingerprint density at radius 2 is 0.954 bits per heavy atom. The van der Waals surface area contributed by atoms with Gasteiger partial charge in [-0.1, -0.05) is 59.6 Å². The number of halogens is 3. The number of ether oxygens (including phenoxy) is 5. The molecule has 8 rings (SSSR count). The molecule has 6 aromatic carbocycles. The molecule has 7 nitrogen and oxygen atoms in total. The van der Waals surface area contributed by atoms with Crippen LogP contribution < -0.4 is 34.3 Å². The second-order valence-corrected chi connectivity index (χ2v) is 18.6. The van der Waals surface area contributed by atoms with E-state index in [1.807, 2.05) is 36.4 Å². The van der Waals surface area contributed by atoms with Gasteiger partial charge in [0.1, 0.15) is 36.3 Å². The van der Waals surface area contributed by atoms with Crippen LogP contribution in [0.4, 0.5) is 15.8 Å². The van der Waals surface area contributed by atoms with Gasteiger partial charge in [0.25, 0.3) is 0 Å². The van der Waals surface area contributed by atoms with Gasteiger partial charge < -0.3 is 34.3 Å². The summed E-state index contributed by atoms with van der Waals surface area (Å²) < 4.78 is 43.1. The first-order chi connectivity index (χ1) is 30.9. The smallest absolute Gasteiger partial charge is 0.164 e. The van der Waals surface area contributed by atoms with Crippen LogP contribution in [0.1, 0.15) is 74.9 Å². The third-order valence-electron chi connectivity index (χ3n) is 11.6. The highest BCUT2D eigenvalue weighted by atomic mass is 35.5. The van der Waals surface area contributed by atoms with Crippen molar-refractivity contribution in [3.8, 4) is 51.0 Å². The second-order valence-electron chi connectivity index (χ2n) is 17.7. The van der Waals surface area contributed by atoms with Crippen molar-refractivity contribution in [1.29, 1.82) is 0 Å². The molecule has 0 amide bonds. The Balaban J connectivity index is 0.000000194. The summed E-state index contributed by atoms with van der Waals surface area (Å²) in [6.07, 6.45) is 4.47. The number of nitrogens with one attached hydrogen (secondary N) is 2. The molecule has 0 unspecified atom stereocenters. The van der Waals surface area contributed by atoms with Gasteiger partial charge in [-0.15, -0.1) is 0 Å². The first kappa shape index (κ1) is 46.9. The van der Waals surface area contributed by atoms with E-state index in [9.17, 15) is 4.39 Å². The molecule has 0 aromatic heterocycles. The minimum absolute atomic E-state index is 0.113. The fourth-order valence-electron chi connectivity index (χ4n) is 8.91. The molecule has 0 atom stereocenters. The summed E-state index contributed by atoms with van der Waals surface area (Å²) in [4.78, 5) is 0. The average Bonchev–Trinajstić information content (AvgIpc) is 3.25. The lowest BCUT2D eigenvalue weighted by atomic mass is 9.85. The number of anilines is 2. The van der Waals surface area contributed by atoms with E-state index >= 15 is 0 Å². The molecule has 0 fully saturated rings. The summed E-state index contributed by atoms with van der Waals surface area (Å²) in [5.41, 5.74) is 14.5. The summed E-state index contributed by atoms with van der Waals surface area (Å²) in [6.45, 7) is 17.7. The minimum atomic E-state index is -0.392. The van der Waals surface area contributed by atoms with Gasteiger partial charge in [-0.3, -0.25) is 0 Å². The van der Waals surface area contributed by atoms with E-state index in [1.165, 1.54) is 35.9 Å². The molecule has 65 heavy (non-hydrogen) atoms. The molecule has 0 saturated heterocycles. The maximum absolute atomic E-state index is 13.9. The van der Waals surface area contributed by atoms with Crippen molar-refractivity contribution < 1.29 is 28.1 Å². The maximum atomic E-state index is 13.9. The molecule has 0 radical (unpaired) electrons. The quantitative estimate of drug-likeness (QED) is 0.134. The first-order valence-corrected chi connectivity index (χ1v) is 22.3. The summed E-state index contributed by atoms with van der Waals surface area (Å²) in [5.74, 6) is 2.80. The molecule has 338 valence electrons. The first-order valence-electron chi connectivity index (χ1n) is 21.5. The van der Waals surface area contributed by atoms with Gasteiger partial charge in [-0.25, -0.2) is 4.39 Å². The number of benzene rings is 6. The van der Waals surface area contributed by atoms with Crippen LogP contribution in [0, 0.1) is 19.7 Å². The zero-order valence-corrected chi connectivity index (χ0v) is 40.5. The van der Waals surface area contributed by atoms with Gasteiger partial charge in [0.2, 0.25) is 0 Å². The normalized spacial score (nSPS) is 14.2. The number of allylic oxidation sites excluding steroid dienone is 2. The van der Waals surface area contributed by atoms with Gasteiger partial charge in [0.15, 0.2) is 11.5 Å². The number of rotatable bonds is 11. The fraction of sp³-hybridized carbons (Fsp3) is 0.273. The Bertz CT molecular complexity index is 2830. The highest BCUT2D eigenvalue weighted by Gasteiger charge is 2.29. The van der Waals surface area contributed by atoms with Crippen LogP contribution in [-0.4, -0.2) is 32.4 Å². The zero-order valence-electron chi connectivity index (χ0n) is 39.0. The molecule has 2 aliphatic rings. The molecule has 0 saturated carbocycles. The van der Waals surface area contributed by atoms with E-state index in [0.717, 1.165) is 73.0 Å². The summed E-state index contributed by atoms with van der Waals surface area (Å²) in [5, 5.41) is 8.51. The Labute approximate surface area is 393 Å². The standard InChI is InChI=1S/C28H30ClNO2.C27H27ClFNO3/c1-17-7-8-18(2)26(13-17)32-16-23-21(22-14-20(29)9-12-25(22)31-6)10-11-24-27(23)19(3)15-28(4,5)30-24;1-16-14-27(2,3)30-22-9-8-19(20-12-17(28)6-10-23(20)31-4)21(26(16)22)15-33-25-13-18(29)7-11-24(25)32-5/h7-15,30H,16H2,1-6H3;6-14,30H,15H2,1-5H3. The Kier molecular flexibility index (Phi) is 13.8. The van der Waals surface area contributed by atoms with Crippen LogP contribution in [0.5, 0.6) is 28.7 Å². The van der Waals surface area contributed by atoms with E-state index in [2.05, 4.69) is 115 Å². The zero-order chi connectivity index (χ0) is 46.8. The van der Waals surface area contributed by atoms with Crippen molar-refractivity contribution >= 4 is 45.7 Å². The highest BCUT2D eigenvalue weighted by Crippen LogP contribution is 2.46. The predicted octanol–water partition coefficient (Wildman–Crippen LogP) is 15.2. The molecular weight excluding hydrogens is 859 g/mol. The minimum Gasteiger partial charge on any atom is -0.496 e. The summed E-state index contributed by atoms with van der Waals surface area (Å²) in [7, 11) is 4.85. The lowest BCUT2D eigenvalue weighted by Gasteiger charge is -2.33. The molecule has 0 bridgehead atoms. The maximum Gasteiger partial charge on any atom is 0.164 e. The fourth-order valence-corrected chi connectivity index (χ4v) is 9.25. The number of hydrogen-bond donors (Lipinski definition) is 2. The highest BCUT2D eigenvalue weighted by molar-refractivity contribution is 6.31. The van der Waals surface area contributed by atoms with Crippen molar-refractivity contribution in [2.24, 2.45) is 0 Å². The van der Waals surface area contributed by atoms with Crippen LogP contribution in [0.2, 0.25) is 10.0 Å². The second kappa shape index (κ2) is 19.2. The van der Waals surface area contributed by atoms with E-state index in [1.54, 1.807) is 26.4 Å². The van der Waals surface area contributed by atoms with Crippen molar-refractivity contribution in [2.45, 2.75) is 79.7 Å². The topological polar surface area (TPSA) is 70.2 Å². The van der Waals surface area contributed by atoms with Crippen molar-refractivity contribution in [2.75, 3.05) is 32.0 Å². The number of hydrogen-bond acceptors (Lipinski definition) is 7. The lowest BCUT2D eigenvalue weighted by molar-refractivity contribution is 0.283. The molecular formula is C55H57Cl2FN2O5.